The van der Waals surface area contributed by atoms with Crippen molar-refractivity contribution in [1.29, 1.82) is 0 Å². The van der Waals surface area contributed by atoms with Gasteiger partial charge in [-0.3, -0.25) is 4.79 Å². The Morgan fingerprint density at radius 1 is 1.39 bits per heavy atom. The summed E-state index contributed by atoms with van der Waals surface area (Å²) < 4.78 is 0. The highest BCUT2D eigenvalue weighted by Crippen LogP contribution is 2.33. The summed E-state index contributed by atoms with van der Waals surface area (Å²) in [7, 11) is 0. The average Bonchev–Trinajstić information content (AvgIpc) is 3.11. The molecule has 23 heavy (non-hydrogen) atoms. The van der Waals surface area contributed by atoms with Gasteiger partial charge in [-0.1, -0.05) is 19.1 Å². The van der Waals surface area contributed by atoms with Crippen molar-refractivity contribution >= 4 is 34.8 Å². The molecule has 0 radical (unpaired) electrons. The Hall–Kier alpha value is -1.43. The van der Waals surface area contributed by atoms with E-state index < -0.39 is 0 Å². The third-order valence-corrected chi connectivity index (χ3v) is 5.09. The van der Waals surface area contributed by atoms with Crippen molar-refractivity contribution in [2.24, 2.45) is 11.7 Å². The quantitative estimate of drug-likeness (QED) is 0.884. The smallest absolute Gasteiger partial charge is 0.230 e. The molecule has 1 amide bonds. The van der Waals surface area contributed by atoms with Gasteiger partial charge in [0.05, 0.1) is 5.69 Å². The van der Waals surface area contributed by atoms with Crippen molar-refractivity contribution in [3.8, 4) is 11.3 Å². The third kappa shape index (κ3) is 3.74. The molecule has 0 saturated heterocycles. The maximum Gasteiger partial charge on any atom is 0.230 e. The molecular formula is C17H22ClN3OS. The first kappa shape index (κ1) is 17.9. The summed E-state index contributed by atoms with van der Waals surface area (Å²) in [4.78, 5) is 17.7. The molecule has 1 heterocycles. The van der Waals surface area contributed by atoms with Crippen LogP contribution in [0.4, 0.5) is 5.13 Å². The molecule has 6 heteroatoms. The number of nitrogens with two attached hydrogens (primary N) is 1. The fraction of sp³-hybridized carbons (Fsp3) is 0.412. The standard InChI is InChI=1S/C17H21N3OS.ClH/c1-10(9-18)16(21)20-17-19-15(11(2)22-17)14-7-6-12-4-3-5-13(12)8-14;/h6-8,10H,3-5,9,18H2,1-2H3,(H,19,20,21);1H. The molecular weight excluding hydrogens is 330 g/mol. The second-order valence-electron chi connectivity index (χ2n) is 5.89. The number of rotatable bonds is 4. The maximum atomic E-state index is 11.9. The molecule has 4 nitrogen and oxygen atoms in total. The van der Waals surface area contributed by atoms with Crippen molar-refractivity contribution in [3.63, 3.8) is 0 Å². The Morgan fingerprint density at radius 3 is 2.87 bits per heavy atom. The number of anilines is 1. The number of thiazole rings is 1. The van der Waals surface area contributed by atoms with Gasteiger partial charge in [-0.25, -0.2) is 4.98 Å². The number of carbonyl (C=O) groups excluding carboxylic acids is 1. The van der Waals surface area contributed by atoms with Crippen LogP contribution in [-0.4, -0.2) is 17.4 Å². The topological polar surface area (TPSA) is 68.0 Å². The lowest BCUT2D eigenvalue weighted by Gasteiger charge is -2.06. The number of carbonyl (C=O) groups is 1. The number of hydrogen-bond acceptors (Lipinski definition) is 4. The Labute approximate surface area is 146 Å². The highest BCUT2D eigenvalue weighted by atomic mass is 35.5. The molecule has 0 fully saturated rings. The third-order valence-electron chi connectivity index (χ3n) is 4.20. The van der Waals surface area contributed by atoms with Gasteiger partial charge in [-0.2, -0.15) is 0 Å². The first-order valence-corrected chi connectivity index (χ1v) is 8.50. The van der Waals surface area contributed by atoms with E-state index in [0.717, 1.165) is 22.6 Å². The molecule has 0 saturated carbocycles. The molecule has 1 aromatic carbocycles. The van der Waals surface area contributed by atoms with E-state index in [1.54, 1.807) is 0 Å². The SMILES string of the molecule is Cc1sc(NC(=O)C(C)CN)nc1-c1ccc2c(c1)CCC2.Cl. The fourth-order valence-electron chi connectivity index (χ4n) is 2.77. The fourth-order valence-corrected chi connectivity index (χ4v) is 3.61. The van der Waals surface area contributed by atoms with Crippen molar-refractivity contribution in [2.45, 2.75) is 33.1 Å². The molecule has 3 N–H and O–H groups in total. The Kier molecular flexibility index (Phi) is 5.79. The largest absolute Gasteiger partial charge is 0.330 e. The van der Waals surface area contributed by atoms with Crippen LogP contribution in [0.5, 0.6) is 0 Å². The summed E-state index contributed by atoms with van der Waals surface area (Å²) in [6.07, 6.45) is 3.58. The summed E-state index contributed by atoms with van der Waals surface area (Å²) in [5.74, 6) is -0.274. The first-order valence-electron chi connectivity index (χ1n) is 7.69. The van der Waals surface area contributed by atoms with E-state index in [1.165, 1.54) is 35.3 Å². The van der Waals surface area contributed by atoms with Crippen LogP contribution < -0.4 is 11.1 Å². The van der Waals surface area contributed by atoms with Crippen LogP contribution in [0.3, 0.4) is 0 Å². The van der Waals surface area contributed by atoms with Gasteiger partial charge in [-0.15, -0.1) is 23.7 Å². The number of hydrogen-bond donors (Lipinski definition) is 2. The summed E-state index contributed by atoms with van der Waals surface area (Å²) in [5.41, 5.74) is 10.5. The van der Waals surface area contributed by atoms with Crippen molar-refractivity contribution < 1.29 is 4.79 Å². The molecule has 1 unspecified atom stereocenters. The van der Waals surface area contributed by atoms with Crippen LogP contribution >= 0.6 is 23.7 Å². The minimum absolute atomic E-state index is 0. The molecule has 1 aromatic heterocycles. The predicted molar refractivity (Wildman–Crippen MR) is 98.4 cm³/mol. The second kappa shape index (κ2) is 7.43. The number of benzene rings is 1. The summed E-state index contributed by atoms with van der Waals surface area (Å²) >= 11 is 1.51. The number of nitrogens with zero attached hydrogens (tertiary/aromatic N) is 1. The van der Waals surface area contributed by atoms with Crippen molar-refractivity contribution in [2.75, 3.05) is 11.9 Å². The number of aryl methyl sites for hydroxylation is 3. The van der Waals surface area contributed by atoms with Gasteiger partial charge in [0, 0.05) is 22.9 Å². The van der Waals surface area contributed by atoms with Crippen LogP contribution in [0, 0.1) is 12.8 Å². The van der Waals surface area contributed by atoms with E-state index in [1.807, 2.05) is 13.8 Å². The van der Waals surface area contributed by atoms with Gasteiger partial charge in [0.2, 0.25) is 5.91 Å². The van der Waals surface area contributed by atoms with E-state index >= 15 is 0 Å². The minimum atomic E-state index is -0.201. The van der Waals surface area contributed by atoms with Gasteiger partial charge >= 0.3 is 0 Å². The molecule has 1 aliphatic carbocycles. The Balaban J connectivity index is 0.00000192. The van der Waals surface area contributed by atoms with E-state index in [-0.39, 0.29) is 24.2 Å². The maximum absolute atomic E-state index is 11.9. The zero-order valence-corrected chi connectivity index (χ0v) is 15.0. The highest BCUT2D eigenvalue weighted by molar-refractivity contribution is 7.16. The number of aromatic nitrogens is 1. The molecule has 0 spiro atoms. The summed E-state index contributed by atoms with van der Waals surface area (Å²) in [5, 5.41) is 3.52. The van der Waals surface area contributed by atoms with Crippen molar-refractivity contribution in [1.82, 2.24) is 4.98 Å². The monoisotopic (exact) mass is 351 g/mol. The van der Waals surface area contributed by atoms with Gasteiger partial charge in [0.25, 0.3) is 0 Å². The number of amides is 1. The normalized spacial score (nSPS) is 14.0. The summed E-state index contributed by atoms with van der Waals surface area (Å²) in [6, 6.07) is 6.60. The van der Waals surface area contributed by atoms with Gasteiger partial charge in [0.15, 0.2) is 5.13 Å². The van der Waals surface area contributed by atoms with E-state index in [9.17, 15) is 4.79 Å². The molecule has 0 aliphatic heterocycles. The number of halogens is 1. The van der Waals surface area contributed by atoms with E-state index in [4.69, 9.17) is 5.73 Å². The lowest BCUT2D eigenvalue weighted by atomic mass is 10.0. The molecule has 1 atom stereocenters. The molecule has 124 valence electrons. The molecule has 3 rings (SSSR count). The highest BCUT2D eigenvalue weighted by Gasteiger charge is 2.17. The second-order valence-corrected chi connectivity index (χ2v) is 7.09. The zero-order valence-electron chi connectivity index (χ0n) is 13.4. The van der Waals surface area contributed by atoms with E-state index in [2.05, 4.69) is 28.5 Å². The number of nitrogens with one attached hydrogen (secondary N) is 1. The van der Waals surface area contributed by atoms with Crippen LogP contribution in [0.15, 0.2) is 18.2 Å². The van der Waals surface area contributed by atoms with E-state index in [0.29, 0.717) is 11.7 Å². The van der Waals surface area contributed by atoms with Gasteiger partial charge in [-0.05, 0) is 43.4 Å². The molecule has 0 bridgehead atoms. The van der Waals surface area contributed by atoms with Gasteiger partial charge < -0.3 is 11.1 Å². The van der Waals surface area contributed by atoms with Crippen LogP contribution in [0.25, 0.3) is 11.3 Å². The van der Waals surface area contributed by atoms with Gasteiger partial charge in [0.1, 0.15) is 0 Å². The van der Waals surface area contributed by atoms with Crippen molar-refractivity contribution in [3.05, 3.63) is 34.2 Å². The first-order chi connectivity index (χ1) is 10.6. The lowest BCUT2D eigenvalue weighted by Crippen LogP contribution is -2.26. The molecule has 1 aliphatic rings. The zero-order chi connectivity index (χ0) is 15.7. The van der Waals surface area contributed by atoms with Crippen LogP contribution in [-0.2, 0) is 17.6 Å². The predicted octanol–water partition coefficient (Wildman–Crippen LogP) is 3.56. The van der Waals surface area contributed by atoms with Crippen LogP contribution in [0.1, 0.15) is 29.3 Å². The lowest BCUT2D eigenvalue weighted by molar-refractivity contribution is -0.119. The molecule has 2 aromatic rings. The van der Waals surface area contributed by atoms with Crippen LogP contribution in [0.2, 0.25) is 0 Å². The Morgan fingerprint density at radius 2 is 2.13 bits per heavy atom. The Bertz CT molecular complexity index is 714. The number of fused-ring (bicyclic) bond motifs is 1. The summed E-state index contributed by atoms with van der Waals surface area (Å²) in [6.45, 7) is 4.20. The minimum Gasteiger partial charge on any atom is -0.330 e. The average molecular weight is 352 g/mol.